The molecule has 0 saturated carbocycles. The Balaban J connectivity index is 2.31. The fraction of sp³-hybridized carbons (Fsp3) is 1.00. The van der Waals surface area contributed by atoms with Gasteiger partial charge in [0.15, 0.2) is 0 Å². The largest absolute Gasteiger partial charge is 0.375 e. The molecule has 0 spiro atoms. The highest BCUT2D eigenvalue weighted by Gasteiger charge is 2.14. The Hall–Kier alpha value is -0.640. The van der Waals surface area contributed by atoms with Gasteiger partial charge in [0.1, 0.15) is 0 Å². The van der Waals surface area contributed by atoms with Gasteiger partial charge in [-0.15, -0.1) is 4.91 Å². The van der Waals surface area contributed by atoms with E-state index in [1.807, 2.05) is 6.92 Å². The topological polar surface area (TPSA) is 41.9 Å². The third-order valence-electron chi connectivity index (χ3n) is 1.34. The monoisotopic (exact) mass is 130 g/mol. The molecule has 0 aliphatic carbocycles. The van der Waals surface area contributed by atoms with Crippen molar-refractivity contribution in [2.75, 3.05) is 19.7 Å². The van der Waals surface area contributed by atoms with Gasteiger partial charge in [-0.05, 0) is 6.92 Å². The average Bonchev–Trinajstić information content (AvgIpc) is 1.88. The van der Waals surface area contributed by atoms with Crippen LogP contribution in [0.15, 0.2) is 5.29 Å². The molecule has 52 valence electrons. The molecule has 1 aliphatic heterocycles. The Bertz CT molecular complexity index is 107. The summed E-state index contributed by atoms with van der Waals surface area (Å²) >= 11 is 0. The first-order valence-corrected chi connectivity index (χ1v) is 3.03. The van der Waals surface area contributed by atoms with Crippen LogP contribution in [0.2, 0.25) is 0 Å². The summed E-state index contributed by atoms with van der Waals surface area (Å²) in [6.07, 6.45) is 0.149. The van der Waals surface area contributed by atoms with Crippen molar-refractivity contribution < 1.29 is 4.74 Å². The lowest BCUT2D eigenvalue weighted by Gasteiger charge is -2.25. The van der Waals surface area contributed by atoms with Gasteiger partial charge >= 0.3 is 0 Å². The summed E-state index contributed by atoms with van der Waals surface area (Å²) in [5.41, 5.74) is 0. The quantitative estimate of drug-likeness (QED) is 0.482. The van der Waals surface area contributed by atoms with Crippen molar-refractivity contribution in [2.45, 2.75) is 13.0 Å². The van der Waals surface area contributed by atoms with Crippen LogP contribution >= 0.6 is 0 Å². The van der Waals surface area contributed by atoms with Crippen molar-refractivity contribution in [1.29, 1.82) is 0 Å². The van der Waals surface area contributed by atoms with Crippen LogP contribution in [0, 0.1) is 4.91 Å². The molecular weight excluding hydrogens is 120 g/mol. The molecule has 1 rings (SSSR count). The minimum atomic E-state index is 0.149. The number of rotatable bonds is 1. The lowest BCUT2D eigenvalue weighted by atomic mass is 10.3. The highest BCUT2D eigenvalue weighted by molar-refractivity contribution is 4.63. The molecule has 0 amide bonds. The average molecular weight is 130 g/mol. The van der Waals surface area contributed by atoms with E-state index in [-0.39, 0.29) is 6.10 Å². The molecule has 1 saturated heterocycles. The van der Waals surface area contributed by atoms with Gasteiger partial charge < -0.3 is 4.74 Å². The van der Waals surface area contributed by atoms with E-state index in [1.54, 1.807) is 0 Å². The van der Waals surface area contributed by atoms with Crippen molar-refractivity contribution in [3.63, 3.8) is 0 Å². The molecule has 0 bridgehead atoms. The molecule has 4 nitrogen and oxygen atoms in total. The molecule has 0 aromatic heterocycles. The summed E-state index contributed by atoms with van der Waals surface area (Å²) in [6.45, 7) is 3.81. The number of hydrogen-bond acceptors (Lipinski definition) is 3. The van der Waals surface area contributed by atoms with Crippen LogP contribution in [-0.4, -0.2) is 30.8 Å². The van der Waals surface area contributed by atoms with Crippen LogP contribution < -0.4 is 0 Å². The van der Waals surface area contributed by atoms with E-state index in [0.29, 0.717) is 19.7 Å². The van der Waals surface area contributed by atoms with E-state index >= 15 is 0 Å². The van der Waals surface area contributed by atoms with Crippen LogP contribution in [0.5, 0.6) is 0 Å². The molecule has 1 atom stereocenters. The van der Waals surface area contributed by atoms with Crippen LogP contribution in [-0.2, 0) is 4.74 Å². The predicted molar refractivity (Wildman–Crippen MR) is 32.8 cm³/mol. The standard InChI is InChI=1S/C5H10N2O2/c1-5-4-7(6-8)2-3-9-5/h5H,2-4H2,1H3. The highest BCUT2D eigenvalue weighted by atomic mass is 16.5. The van der Waals surface area contributed by atoms with Crippen LogP contribution in [0.4, 0.5) is 0 Å². The van der Waals surface area contributed by atoms with Crippen molar-refractivity contribution in [1.82, 2.24) is 5.01 Å². The summed E-state index contributed by atoms with van der Waals surface area (Å²) < 4.78 is 5.17. The SMILES string of the molecule is CC1CN(N=O)CCO1. The van der Waals surface area contributed by atoms with Gasteiger partial charge in [-0.1, -0.05) is 0 Å². The van der Waals surface area contributed by atoms with Gasteiger partial charge in [-0.25, -0.2) is 0 Å². The first-order valence-electron chi connectivity index (χ1n) is 3.03. The van der Waals surface area contributed by atoms with E-state index < -0.39 is 0 Å². The molecule has 0 aromatic carbocycles. The maximum absolute atomic E-state index is 9.93. The second kappa shape index (κ2) is 2.77. The fourth-order valence-electron chi connectivity index (χ4n) is 0.874. The van der Waals surface area contributed by atoms with Gasteiger partial charge in [0.25, 0.3) is 0 Å². The van der Waals surface area contributed by atoms with Gasteiger partial charge in [0.2, 0.25) is 0 Å². The Morgan fingerprint density at radius 2 is 2.56 bits per heavy atom. The third-order valence-corrected chi connectivity index (χ3v) is 1.34. The Labute approximate surface area is 53.7 Å². The van der Waals surface area contributed by atoms with E-state index in [4.69, 9.17) is 4.74 Å². The molecule has 9 heavy (non-hydrogen) atoms. The van der Waals surface area contributed by atoms with Crippen LogP contribution in [0.1, 0.15) is 6.92 Å². The predicted octanol–water partition coefficient (Wildman–Crippen LogP) is 0.388. The van der Waals surface area contributed by atoms with Crippen molar-refractivity contribution in [3.8, 4) is 0 Å². The summed E-state index contributed by atoms with van der Waals surface area (Å²) in [7, 11) is 0. The summed E-state index contributed by atoms with van der Waals surface area (Å²) in [5.74, 6) is 0. The number of hydrogen-bond donors (Lipinski definition) is 0. The van der Waals surface area contributed by atoms with Crippen molar-refractivity contribution in [2.24, 2.45) is 5.29 Å². The first-order chi connectivity index (χ1) is 4.33. The van der Waals surface area contributed by atoms with Gasteiger partial charge in [0, 0.05) is 0 Å². The smallest absolute Gasteiger partial charge is 0.0740 e. The van der Waals surface area contributed by atoms with E-state index in [2.05, 4.69) is 5.29 Å². The maximum Gasteiger partial charge on any atom is 0.0740 e. The molecule has 4 heteroatoms. The summed E-state index contributed by atoms with van der Waals surface area (Å²) in [6, 6.07) is 0. The lowest BCUT2D eigenvalue weighted by Crippen LogP contribution is -2.37. The van der Waals surface area contributed by atoms with E-state index in [0.717, 1.165) is 0 Å². The minimum Gasteiger partial charge on any atom is -0.375 e. The van der Waals surface area contributed by atoms with Crippen molar-refractivity contribution >= 4 is 0 Å². The zero-order valence-corrected chi connectivity index (χ0v) is 5.41. The van der Waals surface area contributed by atoms with Gasteiger partial charge in [-0.2, -0.15) is 0 Å². The molecule has 1 heterocycles. The molecule has 0 aromatic rings. The third kappa shape index (κ3) is 1.64. The molecule has 1 unspecified atom stereocenters. The van der Waals surface area contributed by atoms with Crippen LogP contribution in [0.25, 0.3) is 0 Å². The van der Waals surface area contributed by atoms with Gasteiger partial charge in [-0.3, -0.25) is 5.01 Å². The normalized spacial score (nSPS) is 28.1. The molecule has 1 aliphatic rings. The second-order valence-electron chi connectivity index (χ2n) is 2.18. The van der Waals surface area contributed by atoms with Crippen LogP contribution in [0.3, 0.4) is 0 Å². The Morgan fingerprint density at radius 3 is 3.00 bits per heavy atom. The van der Waals surface area contributed by atoms with E-state index in [1.165, 1.54) is 5.01 Å². The zero-order chi connectivity index (χ0) is 6.69. The number of morpholine rings is 1. The summed E-state index contributed by atoms with van der Waals surface area (Å²) in [5, 5.41) is 4.28. The fourth-order valence-corrected chi connectivity index (χ4v) is 0.874. The number of nitroso groups, excluding NO2 is 1. The first kappa shape index (κ1) is 6.48. The molecular formula is C5H10N2O2. The molecule has 0 N–H and O–H groups in total. The number of ether oxygens (including phenoxy) is 1. The number of nitrogens with zero attached hydrogens (tertiary/aromatic N) is 2. The Kier molecular flexibility index (Phi) is 2.00. The van der Waals surface area contributed by atoms with Gasteiger partial charge in [0.05, 0.1) is 31.1 Å². The summed E-state index contributed by atoms with van der Waals surface area (Å²) in [4.78, 5) is 9.93. The Morgan fingerprint density at radius 1 is 1.78 bits per heavy atom. The zero-order valence-electron chi connectivity index (χ0n) is 5.41. The second-order valence-corrected chi connectivity index (χ2v) is 2.18. The van der Waals surface area contributed by atoms with Crippen molar-refractivity contribution in [3.05, 3.63) is 4.91 Å². The lowest BCUT2D eigenvalue weighted by molar-refractivity contribution is -0.0180. The minimum absolute atomic E-state index is 0.149. The van der Waals surface area contributed by atoms with E-state index in [9.17, 15) is 4.91 Å². The highest BCUT2D eigenvalue weighted by Crippen LogP contribution is 2.02. The molecule has 1 fully saturated rings. The maximum atomic E-state index is 9.93. The molecule has 0 radical (unpaired) electrons.